The molecule has 0 aromatic rings. The van der Waals surface area contributed by atoms with Crippen molar-refractivity contribution < 1.29 is 0 Å². The zero-order valence-corrected chi connectivity index (χ0v) is 7.59. The van der Waals surface area contributed by atoms with E-state index >= 15 is 0 Å². The molecule has 0 unspecified atom stereocenters. The quantitative estimate of drug-likeness (QED) is 0.585. The van der Waals surface area contributed by atoms with E-state index in [0.717, 1.165) is 0 Å². The molecule has 0 aromatic carbocycles. The normalized spacial score (nSPS) is 0. The minimum Gasteiger partial charge on any atom is -0.147 e. The first-order valence-corrected chi connectivity index (χ1v) is 0. The summed E-state index contributed by atoms with van der Waals surface area (Å²) in [4.78, 5) is 0. The van der Waals surface area contributed by atoms with Crippen LogP contribution >= 0.6 is 63.4 Å². The molecule has 0 aliphatic heterocycles. The second kappa shape index (κ2) is 33.9. The third-order valence-electron chi connectivity index (χ3n) is 0. The molecule has 38 valence electrons. The van der Waals surface area contributed by atoms with Gasteiger partial charge < -0.3 is 0 Å². The average Bonchev–Trinajstić information content (AvgIpc) is 0. The van der Waals surface area contributed by atoms with Gasteiger partial charge in [0.25, 0.3) is 0 Å². The van der Waals surface area contributed by atoms with Crippen LogP contribution in [0.3, 0.4) is 0 Å². The molecule has 0 radical (unpaired) electrons. The summed E-state index contributed by atoms with van der Waals surface area (Å²) in [5.41, 5.74) is 0. The van der Waals surface area contributed by atoms with Gasteiger partial charge in [-0.15, -0.1) is 63.4 Å². The number of hydrogen-bond acceptors (Lipinski definition) is 0. The summed E-state index contributed by atoms with van der Waals surface area (Å²) in [6.45, 7) is 0. The molecule has 0 rings (SSSR count). The van der Waals surface area contributed by atoms with Crippen molar-refractivity contribution >= 4 is 80.7 Å². The highest BCUT2D eigenvalue weighted by molar-refractivity contribution is 8.93. The Morgan fingerprint density at radius 3 is 0.600 bits per heavy atom. The highest BCUT2D eigenvalue weighted by Crippen LogP contribution is 0.848. The van der Waals surface area contributed by atoms with Crippen molar-refractivity contribution in [3.8, 4) is 0 Å². The van der Waals surface area contributed by atoms with Crippen molar-refractivity contribution in [2.24, 2.45) is 0 Å². The van der Waals surface area contributed by atoms with Gasteiger partial charge in [0.05, 0.1) is 0 Å². The lowest BCUT2D eigenvalue weighted by Gasteiger charge is -0.147. The molecule has 0 nitrogen and oxygen atoms in total. The first-order valence-electron chi connectivity index (χ1n) is 0. The first-order chi connectivity index (χ1) is 0. The second-order valence-corrected chi connectivity index (χ2v) is 0. The summed E-state index contributed by atoms with van der Waals surface area (Å²) in [5, 5.41) is 0. The van der Waals surface area contributed by atoms with Crippen LogP contribution in [-0.4, -0.2) is 17.4 Å². The Morgan fingerprint density at radius 2 is 0.600 bits per heavy atom. The Kier molecular flexibility index (Phi) is 377. The molecule has 0 aliphatic carbocycles. The van der Waals surface area contributed by atoms with Gasteiger partial charge in [0.2, 0.25) is 0 Å². The third-order valence-corrected chi connectivity index (χ3v) is 0. The summed E-state index contributed by atoms with van der Waals surface area (Å²) in [6.07, 6.45) is 0. The molecule has 0 spiro atoms. The van der Waals surface area contributed by atoms with Crippen LogP contribution in [0.5, 0.6) is 0 Å². The van der Waals surface area contributed by atoms with Gasteiger partial charge >= 0.3 is 0 Å². The first kappa shape index (κ1) is 55.6. The van der Waals surface area contributed by atoms with Crippen LogP contribution in [-0.2, 0) is 0 Å². The lowest BCUT2D eigenvalue weighted by molar-refractivity contribution is 5.75. The van der Waals surface area contributed by atoms with Crippen LogP contribution in [0.15, 0.2) is 0 Å². The predicted octanol–water partition coefficient (Wildman–Crippen LogP) is 0.972. The fourth-order valence-corrected chi connectivity index (χ4v) is 0. The number of hydrogen-bond donors (Lipinski definition) is 0. The molecule has 0 heterocycles. The Labute approximate surface area is 79.9 Å². The molecule has 0 aromatic heterocycles. The van der Waals surface area contributed by atoms with E-state index in [-0.39, 0.29) is 80.7 Å². The van der Waals surface area contributed by atoms with Crippen molar-refractivity contribution in [3.05, 3.63) is 0 Å². The molecule has 0 saturated carbocycles. The zero-order chi connectivity index (χ0) is 0. The van der Waals surface area contributed by atoms with Crippen LogP contribution < -0.4 is 0 Å². The highest BCUT2D eigenvalue weighted by Gasteiger charge is 0.187. The smallest absolute Gasteiger partial charge is 0.147 e. The molecular formula is H7AlBr3Cl. The van der Waals surface area contributed by atoms with Crippen LogP contribution in [0.4, 0.5) is 0 Å². The van der Waals surface area contributed by atoms with Gasteiger partial charge in [-0.2, -0.15) is 0 Å². The lowest BCUT2D eigenvalue weighted by Crippen LogP contribution is -0.381. The summed E-state index contributed by atoms with van der Waals surface area (Å²) < 4.78 is 0. The molecule has 0 atom stereocenters. The van der Waals surface area contributed by atoms with E-state index in [2.05, 4.69) is 0 Å². The van der Waals surface area contributed by atoms with Crippen LogP contribution in [0.1, 0.15) is 0 Å². The van der Waals surface area contributed by atoms with Gasteiger partial charge in [-0.3, -0.25) is 0 Å². The van der Waals surface area contributed by atoms with Crippen molar-refractivity contribution in [3.63, 3.8) is 0 Å². The Bertz CT molecular complexity index is 6.85. The molecule has 0 bridgehead atoms. The Hall–Kier alpha value is 2.26. The van der Waals surface area contributed by atoms with Crippen LogP contribution in [0.2, 0.25) is 0 Å². The molecule has 0 aliphatic rings. The zero-order valence-electron chi connectivity index (χ0n) is 1.63. The van der Waals surface area contributed by atoms with E-state index in [1.54, 1.807) is 0 Å². The summed E-state index contributed by atoms with van der Waals surface area (Å²) >= 11 is 0. The van der Waals surface area contributed by atoms with E-state index in [0.29, 0.717) is 0 Å². The molecule has 0 fully saturated rings. The van der Waals surface area contributed by atoms with Gasteiger partial charge in [-0.25, -0.2) is 0 Å². The number of halogens is 4. The van der Waals surface area contributed by atoms with Gasteiger partial charge in [0.15, 0.2) is 17.4 Å². The van der Waals surface area contributed by atoms with E-state index in [1.807, 2.05) is 0 Å². The lowest BCUT2D eigenvalue weighted by atomic mass is 27.0. The maximum Gasteiger partial charge on any atom is 0.187 e. The molecule has 5 heavy (non-hydrogen) atoms. The molecule has 0 N–H and O–H groups in total. The fourth-order valence-electron chi connectivity index (χ4n) is 0. The van der Waals surface area contributed by atoms with E-state index < -0.39 is 0 Å². The Morgan fingerprint density at radius 1 is 0.600 bits per heavy atom. The minimum atomic E-state index is 0. The van der Waals surface area contributed by atoms with Gasteiger partial charge in [0.1, 0.15) is 0 Å². The van der Waals surface area contributed by atoms with Crippen molar-refractivity contribution in [1.82, 2.24) is 0 Å². The van der Waals surface area contributed by atoms with E-state index in [1.165, 1.54) is 0 Å². The van der Waals surface area contributed by atoms with Crippen LogP contribution in [0.25, 0.3) is 0 Å². The van der Waals surface area contributed by atoms with Gasteiger partial charge in [-0.05, 0) is 0 Å². The maximum absolute atomic E-state index is 0. The largest absolute Gasteiger partial charge is 0.187 e. The summed E-state index contributed by atoms with van der Waals surface area (Å²) in [5.74, 6) is 0. The molecular weight excluding hydrogens is 302 g/mol. The summed E-state index contributed by atoms with van der Waals surface area (Å²) in [7, 11) is 0. The van der Waals surface area contributed by atoms with E-state index in [4.69, 9.17) is 0 Å². The van der Waals surface area contributed by atoms with E-state index in [9.17, 15) is 0 Å². The standard InChI is InChI=1S/Al.3BrH.ClH.3H/h;4*1H;;;. The molecule has 0 saturated heterocycles. The van der Waals surface area contributed by atoms with Crippen molar-refractivity contribution in [2.45, 2.75) is 0 Å². The van der Waals surface area contributed by atoms with Gasteiger partial charge in [0, 0.05) is 0 Å². The van der Waals surface area contributed by atoms with Crippen molar-refractivity contribution in [2.75, 3.05) is 0 Å². The monoisotopic (exact) mass is 306 g/mol. The average molecular weight is 309 g/mol. The second-order valence-electron chi connectivity index (χ2n) is 0. The fraction of sp³-hybridized carbons (Fsp3) is 0. The Balaban J connectivity index is 0. The topological polar surface area (TPSA) is 0 Å². The molecule has 5 heteroatoms. The molecule has 0 amide bonds. The van der Waals surface area contributed by atoms with Crippen molar-refractivity contribution in [1.29, 1.82) is 0 Å². The number of rotatable bonds is 0. The SMILES string of the molecule is Br.Br.Br.Cl.[AlH3]. The third kappa shape index (κ3) is 22.2. The highest BCUT2D eigenvalue weighted by atomic mass is 79.9. The predicted molar refractivity (Wildman–Crippen MR) is 48.2 cm³/mol. The van der Waals surface area contributed by atoms with Gasteiger partial charge in [-0.1, -0.05) is 0 Å². The minimum absolute atomic E-state index is 0. The summed E-state index contributed by atoms with van der Waals surface area (Å²) in [6, 6.07) is 0. The van der Waals surface area contributed by atoms with Crippen LogP contribution in [0, 0.1) is 0 Å². The maximum atomic E-state index is 0.